The maximum Gasteiger partial charge on any atom is 0.222 e. The third kappa shape index (κ3) is 6.02. The van der Waals surface area contributed by atoms with Gasteiger partial charge in [0, 0.05) is 39.6 Å². The molecular weight excluding hydrogens is 292 g/mol. The summed E-state index contributed by atoms with van der Waals surface area (Å²) >= 11 is 0. The monoisotopic (exact) mass is 318 g/mol. The highest BCUT2D eigenvalue weighted by Crippen LogP contribution is 2.13. The molecule has 2 amide bonds. The molecule has 0 spiro atoms. The summed E-state index contributed by atoms with van der Waals surface area (Å²) < 4.78 is 5.56. The molecule has 0 bridgehead atoms. The lowest BCUT2D eigenvalue weighted by atomic mass is 10.1. The highest BCUT2D eigenvalue weighted by molar-refractivity contribution is 5.78. The van der Waals surface area contributed by atoms with Crippen LogP contribution in [0, 0.1) is 6.92 Å². The van der Waals surface area contributed by atoms with Crippen LogP contribution in [0.15, 0.2) is 24.3 Å². The van der Waals surface area contributed by atoms with Gasteiger partial charge in [0.1, 0.15) is 0 Å². The van der Waals surface area contributed by atoms with Crippen LogP contribution in [-0.4, -0.2) is 42.5 Å². The Morgan fingerprint density at radius 1 is 1.30 bits per heavy atom. The highest BCUT2D eigenvalue weighted by atomic mass is 16.5. The van der Waals surface area contributed by atoms with E-state index in [0.717, 1.165) is 25.0 Å². The molecule has 1 atom stereocenters. The first-order chi connectivity index (χ1) is 11.0. The van der Waals surface area contributed by atoms with Crippen molar-refractivity contribution in [3.05, 3.63) is 35.4 Å². The number of ether oxygens (including phenoxy) is 1. The second kappa shape index (κ2) is 8.67. The number of hydrogen-bond donors (Lipinski definition) is 1. The number of carbonyl (C=O) groups is 2. The van der Waals surface area contributed by atoms with E-state index in [1.807, 2.05) is 31.2 Å². The van der Waals surface area contributed by atoms with Crippen LogP contribution in [0.2, 0.25) is 0 Å². The molecule has 0 saturated carbocycles. The van der Waals surface area contributed by atoms with Crippen LogP contribution >= 0.6 is 0 Å². The molecule has 1 heterocycles. The predicted molar refractivity (Wildman–Crippen MR) is 88.9 cm³/mol. The Labute approximate surface area is 138 Å². The molecule has 1 N–H and O–H groups in total. The predicted octanol–water partition coefficient (Wildman–Crippen LogP) is 2.03. The summed E-state index contributed by atoms with van der Waals surface area (Å²) in [5.41, 5.74) is 2.28. The van der Waals surface area contributed by atoms with Gasteiger partial charge in [-0.3, -0.25) is 9.59 Å². The van der Waals surface area contributed by atoms with Crippen molar-refractivity contribution in [1.29, 1.82) is 0 Å². The summed E-state index contributed by atoms with van der Waals surface area (Å²) in [6.45, 7) is 5.89. The number of carbonyl (C=O) groups excluding carboxylic acids is 2. The van der Waals surface area contributed by atoms with E-state index in [2.05, 4.69) is 5.32 Å². The van der Waals surface area contributed by atoms with Gasteiger partial charge in [0.25, 0.3) is 0 Å². The summed E-state index contributed by atoms with van der Waals surface area (Å²) in [6.07, 6.45) is 2.48. The average molecular weight is 318 g/mol. The van der Waals surface area contributed by atoms with Gasteiger partial charge in [-0.15, -0.1) is 0 Å². The summed E-state index contributed by atoms with van der Waals surface area (Å²) in [5.74, 6) is -0.0454. The van der Waals surface area contributed by atoms with Crippen molar-refractivity contribution >= 4 is 11.8 Å². The highest BCUT2D eigenvalue weighted by Gasteiger charge is 2.21. The molecule has 1 aromatic rings. The first-order valence-electron chi connectivity index (χ1n) is 8.24. The van der Waals surface area contributed by atoms with Gasteiger partial charge in [-0.25, -0.2) is 0 Å². The molecule has 0 aliphatic carbocycles. The molecule has 126 valence electrons. The third-order valence-corrected chi connectivity index (χ3v) is 4.11. The molecule has 0 aromatic heterocycles. The lowest BCUT2D eigenvalue weighted by Gasteiger charge is -2.23. The van der Waals surface area contributed by atoms with Gasteiger partial charge >= 0.3 is 0 Å². The zero-order chi connectivity index (χ0) is 16.7. The van der Waals surface area contributed by atoms with Gasteiger partial charge < -0.3 is 15.0 Å². The van der Waals surface area contributed by atoms with Crippen LogP contribution in [0.4, 0.5) is 0 Å². The zero-order valence-electron chi connectivity index (χ0n) is 14.0. The van der Waals surface area contributed by atoms with Crippen LogP contribution in [0.5, 0.6) is 0 Å². The summed E-state index contributed by atoms with van der Waals surface area (Å²) in [7, 11) is 0. The van der Waals surface area contributed by atoms with E-state index < -0.39 is 0 Å². The van der Waals surface area contributed by atoms with Crippen LogP contribution in [0.3, 0.4) is 0 Å². The number of hydrogen-bond acceptors (Lipinski definition) is 3. The topological polar surface area (TPSA) is 58.6 Å². The van der Waals surface area contributed by atoms with Gasteiger partial charge in [0.05, 0.1) is 6.10 Å². The molecule has 2 rings (SSSR count). The number of nitrogens with zero attached hydrogens (tertiary/aromatic N) is 1. The summed E-state index contributed by atoms with van der Waals surface area (Å²) in [5, 5.41) is 2.90. The van der Waals surface area contributed by atoms with Gasteiger partial charge in [-0.2, -0.15) is 0 Å². The maximum absolute atomic E-state index is 12.0. The van der Waals surface area contributed by atoms with Crippen molar-refractivity contribution in [2.45, 2.75) is 45.8 Å². The lowest BCUT2D eigenvalue weighted by Crippen LogP contribution is -2.38. The summed E-state index contributed by atoms with van der Waals surface area (Å²) in [6, 6.07) is 8.07. The standard InChI is InChI=1S/C18H26N2O3/c1-14-5-7-16(8-6-14)12-19-18(22)9-10-20(15(2)21)13-17-4-3-11-23-17/h5-8,17H,3-4,9-13H2,1-2H3,(H,19,22). The molecule has 1 aliphatic rings. The van der Waals surface area contributed by atoms with Crippen LogP contribution < -0.4 is 5.32 Å². The van der Waals surface area contributed by atoms with Crippen LogP contribution in [0.25, 0.3) is 0 Å². The minimum absolute atomic E-state index is 0.00756. The largest absolute Gasteiger partial charge is 0.376 e. The Hall–Kier alpha value is -1.88. The molecule has 5 nitrogen and oxygen atoms in total. The number of benzene rings is 1. The Balaban J connectivity index is 1.72. The molecule has 1 aliphatic heterocycles. The van der Waals surface area contributed by atoms with E-state index >= 15 is 0 Å². The quantitative estimate of drug-likeness (QED) is 0.837. The number of amides is 2. The Morgan fingerprint density at radius 2 is 2.04 bits per heavy atom. The Morgan fingerprint density at radius 3 is 2.65 bits per heavy atom. The smallest absolute Gasteiger partial charge is 0.222 e. The molecule has 23 heavy (non-hydrogen) atoms. The lowest BCUT2D eigenvalue weighted by molar-refractivity contribution is -0.131. The van der Waals surface area contributed by atoms with Crippen LogP contribution in [0.1, 0.15) is 37.3 Å². The first-order valence-corrected chi connectivity index (χ1v) is 8.24. The fourth-order valence-electron chi connectivity index (χ4n) is 2.64. The van der Waals surface area contributed by atoms with Gasteiger partial charge in [-0.1, -0.05) is 29.8 Å². The van der Waals surface area contributed by atoms with Crippen LogP contribution in [-0.2, 0) is 20.9 Å². The number of nitrogens with one attached hydrogen (secondary N) is 1. The molecule has 1 aromatic carbocycles. The first kappa shape index (κ1) is 17.5. The van der Waals surface area contributed by atoms with E-state index in [4.69, 9.17) is 4.74 Å². The van der Waals surface area contributed by atoms with Crippen molar-refractivity contribution in [3.8, 4) is 0 Å². The Bertz CT molecular complexity index is 522. The molecular formula is C18H26N2O3. The fraction of sp³-hybridized carbons (Fsp3) is 0.556. The third-order valence-electron chi connectivity index (χ3n) is 4.11. The SMILES string of the molecule is CC(=O)N(CCC(=O)NCc1ccc(C)cc1)CC1CCCO1. The van der Waals surface area contributed by atoms with Crippen molar-refractivity contribution in [2.75, 3.05) is 19.7 Å². The second-order valence-corrected chi connectivity index (χ2v) is 6.11. The molecule has 0 radical (unpaired) electrons. The normalized spacial score (nSPS) is 17.0. The van der Waals surface area contributed by atoms with Gasteiger partial charge in [0.2, 0.25) is 11.8 Å². The van der Waals surface area contributed by atoms with Gasteiger partial charge in [0.15, 0.2) is 0 Å². The van der Waals surface area contributed by atoms with Gasteiger partial charge in [-0.05, 0) is 25.3 Å². The molecule has 1 fully saturated rings. The van der Waals surface area contributed by atoms with Crippen molar-refractivity contribution in [3.63, 3.8) is 0 Å². The van der Waals surface area contributed by atoms with E-state index in [9.17, 15) is 9.59 Å². The average Bonchev–Trinajstić information content (AvgIpc) is 3.03. The maximum atomic E-state index is 12.0. The Kier molecular flexibility index (Phi) is 6.59. The number of aryl methyl sites for hydroxylation is 1. The van der Waals surface area contributed by atoms with Crippen molar-refractivity contribution in [2.24, 2.45) is 0 Å². The van der Waals surface area contributed by atoms with E-state index in [1.54, 1.807) is 11.8 Å². The minimum Gasteiger partial charge on any atom is -0.376 e. The zero-order valence-corrected chi connectivity index (χ0v) is 14.0. The van der Waals surface area contributed by atoms with E-state index in [-0.39, 0.29) is 17.9 Å². The number of rotatable bonds is 7. The minimum atomic E-state index is -0.0378. The fourth-order valence-corrected chi connectivity index (χ4v) is 2.64. The molecule has 1 saturated heterocycles. The van der Waals surface area contributed by atoms with Crippen molar-refractivity contribution in [1.82, 2.24) is 10.2 Å². The van der Waals surface area contributed by atoms with E-state index in [1.165, 1.54) is 5.56 Å². The summed E-state index contributed by atoms with van der Waals surface area (Å²) in [4.78, 5) is 25.4. The second-order valence-electron chi connectivity index (χ2n) is 6.11. The molecule has 5 heteroatoms. The van der Waals surface area contributed by atoms with Crippen molar-refractivity contribution < 1.29 is 14.3 Å². The van der Waals surface area contributed by atoms with E-state index in [0.29, 0.717) is 26.1 Å². The molecule has 1 unspecified atom stereocenters.